The Kier molecular flexibility index (Phi) is 2.22. The summed E-state index contributed by atoms with van der Waals surface area (Å²) in [5, 5.41) is 7.78. The molecule has 0 N–H and O–H groups in total. The van der Waals surface area contributed by atoms with Crippen LogP contribution in [0.15, 0.2) is 12.3 Å². The molecule has 2 rings (SSSR count). The number of nitrogens with zero attached hydrogens (tertiary/aromatic N) is 4. The van der Waals surface area contributed by atoms with E-state index < -0.39 is 0 Å². The van der Waals surface area contributed by atoms with Gasteiger partial charge in [-0.25, -0.2) is 4.98 Å². The molecule has 0 aliphatic carbocycles. The molecular formula is C10H12N4O. The number of ketones is 1. The Balaban J connectivity index is 2.63. The Morgan fingerprint density at radius 3 is 2.87 bits per heavy atom. The smallest absolute Gasteiger partial charge is 0.182 e. The Labute approximate surface area is 87.1 Å². The van der Waals surface area contributed by atoms with Gasteiger partial charge in [0.15, 0.2) is 5.65 Å². The van der Waals surface area contributed by atoms with Gasteiger partial charge in [-0.2, -0.15) is 5.10 Å². The van der Waals surface area contributed by atoms with Crippen molar-refractivity contribution >= 4 is 16.9 Å². The summed E-state index contributed by atoms with van der Waals surface area (Å²) in [7, 11) is 1.85. The lowest BCUT2D eigenvalue weighted by Crippen LogP contribution is -2.10. The number of aryl methyl sites for hydroxylation is 1. The molecule has 0 fully saturated rings. The van der Waals surface area contributed by atoms with Gasteiger partial charge >= 0.3 is 0 Å². The van der Waals surface area contributed by atoms with Crippen LogP contribution in [0.1, 0.15) is 25.6 Å². The zero-order valence-corrected chi connectivity index (χ0v) is 8.93. The van der Waals surface area contributed by atoms with Crippen LogP contribution in [0.25, 0.3) is 11.2 Å². The third kappa shape index (κ3) is 1.49. The molecule has 5 heteroatoms. The molecule has 0 aromatic carbocycles. The number of rotatable bonds is 2. The molecule has 0 amide bonds. The third-order valence-electron chi connectivity index (χ3n) is 2.57. The lowest BCUT2D eigenvalue weighted by molar-refractivity contribution is -0.118. The van der Waals surface area contributed by atoms with Gasteiger partial charge in [-0.3, -0.25) is 4.79 Å². The highest BCUT2D eigenvalue weighted by Crippen LogP contribution is 2.18. The van der Waals surface area contributed by atoms with Crippen molar-refractivity contribution in [3.05, 3.63) is 18.1 Å². The van der Waals surface area contributed by atoms with E-state index in [-0.39, 0.29) is 11.7 Å². The van der Waals surface area contributed by atoms with Crippen LogP contribution in [0.3, 0.4) is 0 Å². The van der Waals surface area contributed by atoms with Gasteiger partial charge in [0.2, 0.25) is 0 Å². The first-order valence-electron chi connectivity index (χ1n) is 4.75. The first-order chi connectivity index (χ1) is 7.11. The Morgan fingerprint density at radius 2 is 2.27 bits per heavy atom. The molecule has 78 valence electrons. The van der Waals surface area contributed by atoms with Crippen molar-refractivity contribution < 1.29 is 4.79 Å². The number of aromatic nitrogens is 4. The second-order valence-corrected chi connectivity index (χ2v) is 3.60. The van der Waals surface area contributed by atoms with E-state index in [0.29, 0.717) is 5.65 Å². The number of carbonyl (C=O) groups excluding carboxylic acids is 1. The molecule has 15 heavy (non-hydrogen) atoms. The molecule has 2 aromatic rings. The number of hydrogen-bond donors (Lipinski definition) is 0. The fourth-order valence-electron chi connectivity index (χ4n) is 1.52. The molecule has 2 heterocycles. The van der Waals surface area contributed by atoms with E-state index in [1.807, 2.05) is 18.5 Å². The zero-order chi connectivity index (χ0) is 11.0. The topological polar surface area (TPSA) is 60.7 Å². The number of fused-ring (bicyclic) bond motifs is 1. The van der Waals surface area contributed by atoms with Crippen molar-refractivity contribution in [3.63, 3.8) is 0 Å². The summed E-state index contributed by atoms with van der Waals surface area (Å²) in [6.45, 7) is 3.41. The predicted molar refractivity (Wildman–Crippen MR) is 55.4 cm³/mol. The van der Waals surface area contributed by atoms with Crippen molar-refractivity contribution in [2.75, 3.05) is 0 Å². The average Bonchev–Trinajstić information content (AvgIpc) is 2.56. The number of carbonyl (C=O) groups is 1. The monoisotopic (exact) mass is 204 g/mol. The summed E-state index contributed by atoms with van der Waals surface area (Å²) in [6, 6.07) is 1.79. The molecule has 0 radical (unpaired) electrons. The van der Waals surface area contributed by atoms with E-state index in [9.17, 15) is 4.79 Å². The summed E-state index contributed by atoms with van der Waals surface area (Å²) >= 11 is 0. The van der Waals surface area contributed by atoms with Crippen LogP contribution < -0.4 is 0 Å². The summed E-state index contributed by atoms with van der Waals surface area (Å²) in [5.74, 6) is 0.628. The minimum absolute atomic E-state index is 0.0985. The third-order valence-corrected chi connectivity index (χ3v) is 2.57. The van der Waals surface area contributed by atoms with E-state index in [4.69, 9.17) is 0 Å². The fourth-order valence-corrected chi connectivity index (χ4v) is 1.52. The lowest BCUT2D eigenvalue weighted by atomic mass is 10.1. The summed E-state index contributed by atoms with van der Waals surface area (Å²) < 4.78 is 1.81. The van der Waals surface area contributed by atoms with E-state index >= 15 is 0 Å². The molecular weight excluding hydrogens is 192 g/mol. The highest BCUT2D eigenvalue weighted by Gasteiger charge is 2.18. The molecule has 0 aliphatic rings. The maximum Gasteiger partial charge on any atom is 0.182 e. The van der Waals surface area contributed by atoms with Gasteiger partial charge in [0.05, 0.1) is 12.1 Å². The average molecular weight is 204 g/mol. The SMILES string of the molecule is CC(=O)C(C)c1nc2ccnnc2n1C. The minimum Gasteiger partial charge on any atom is -0.314 e. The number of imidazole rings is 1. The minimum atomic E-state index is -0.204. The van der Waals surface area contributed by atoms with Crippen LogP contribution in [0.5, 0.6) is 0 Å². The molecule has 0 spiro atoms. The Hall–Kier alpha value is -1.78. The van der Waals surface area contributed by atoms with Crippen molar-refractivity contribution in [2.24, 2.45) is 7.05 Å². The van der Waals surface area contributed by atoms with E-state index in [1.54, 1.807) is 19.2 Å². The van der Waals surface area contributed by atoms with Crippen molar-refractivity contribution in [1.82, 2.24) is 19.7 Å². The second-order valence-electron chi connectivity index (χ2n) is 3.60. The molecule has 1 atom stereocenters. The highest BCUT2D eigenvalue weighted by atomic mass is 16.1. The highest BCUT2D eigenvalue weighted by molar-refractivity contribution is 5.83. The van der Waals surface area contributed by atoms with Gasteiger partial charge in [-0.15, -0.1) is 5.10 Å². The molecule has 0 bridgehead atoms. The van der Waals surface area contributed by atoms with Gasteiger partial charge in [-0.1, -0.05) is 0 Å². The van der Waals surface area contributed by atoms with E-state index in [0.717, 1.165) is 11.3 Å². The van der Waals surface area contributed by atoms with Crippen LogP contribution >= 0.6 is 0 Å². The van der Waals surface area contributed by atoms with Crippen LogP contribution in [0.2, 0.25) is 0 Å². The van der Waals surface area contributed by atoms with Gasteiger partial charge < -0.3 is 4.57 Å². The second kappa shape index (κ2) is 3.42. The Bertz CT molecular complexity index is 517. The molecule has 0 aliphatic heterocycles. The van der Waals surface area contributed by atoms with Crippen molar-refractivity contribution in [1.29, 1.82) is 0 Å². The summed E-state index contributed by atoms with van der Waals surface area (Å²) in [5.41, 5.74) is 1.48. The van der Waals surface area contributed by atoms with Crippen molar-refractivity contribution in [2.45, 2.75) is 19.8 Å². The summed E-state index contributed by atoms with van der Waals surface area (Å²) in [6.07, 6.45) is 1.59. The van der Waals surface area contributed by atoms with Gasteiger partial charge in [-0.05, 0) is 19.9 Å². The predicted octanol–water partition coefficient (Wildman–Crippen LogP) is 1.06. The maximum atomic E-state index is 11.3. The first kappa shape index (κ1) is 9.76. The maximum absolute atomic E-state index is 11.3. The normalized spacial score (nSPS) is 13.0. The van der Waals surface area contributed by atoms with Gasteiger partial charge in [0, 0.05) is 7.05 Å². The molecule has 0 saturated carbocycles. The molecule has 2 aromatic heterocycles. The molecule has 0 saturated heterocycles. The lowest BCUT2D eigenvalue weighted by Gasteiger charge is -2.06. The number of hydrogen-bond acceptors (Lipinski definition) is 4. The van der Waals surface area contributed by atoms with Crippen LogP contribution in [0, 0.1) is 0 Å². The number of Topliss-reactive ketones (excluding diaryl/α,β-unsaturated/α-hetero) is 1. The van der Waals surface area contributed by atoms with Gasteiger partial charge in [0.25, 0.3) is 0 Å². The first-order valence-corrected chi connectivity index (χ1v) is 4.75. The van der Waals surface area contributed by atoms with Gasteiger partial charge in [0.1, 0.15) is 17.1 Å². The van der Waals surface area contributed by atoms with Crippen molar-refractivity contribution in [3.8, 4) is 0 Å². The van der Waals surface area contributed by atoms with Crippen LogP contribution in [-0.4, -0.2) is 25.5 Å². The van der Waals surface area contributed by atoms with Crippen LogP contribution in [-0.2, 0) is 11.8 Å². The zero-order valence-electron chi connectivity index (χ0n) is 8.93. The van der Waals surface area contributed by atoms with E-state index in [2.05, 4.69) is 15.2 Å². The quantitative estimate of drug-likeness (QED) is 0.733. The summed E-state index contributed by atoms with van der Waals surface area (Å²) in [4.78, 5) is 15.7. The largest absolute Gasteiger partial charge is 0.314 e. The molecule has 1 unspecified atom stereocenters. The fraction of sp³-hybridized carbons (Fsp3) is 0.400. The molecule has 5 nitrogen and oxygen atoms in total. The van der Waals surface area contributed by atoms with Crippen LogP contribution in [0.4, 0.5) is 0 Å². The van der Waals surface area contributed by atoms with E-state index in [1.165, 1.54) is 0 Å². The standard InChI is InChI=1S/C10H12N4O/c1-6(7(2)15)9-12-8-4-5-11-13-10(8)14(9)3/h4-6H,1-3H3. The Morgan fingerprint density at radius 1 is 1.53 bits per heavy atom.